The van der Waals surface area contributed by atoms with Gasteiger partial charge in [0.05, 0.1) is 32.7 Å². The van der Waals surface area contributed by atoms with E-state index in [-0.39, 0.29) is 12.5 Å². The minimum Gasteiger partial charge on any atom is -0.497 e. The van der Waals surface area contributed by atoms with Crippen molar-refractivity contribution in [3.63, 3.8) is 0 Å². The van der Waals surface area contributed by atoms with Crippen molar-refractivity contribution in [3.8, 4) is 23.0 Å². The lowest BCUT2D eigenvalue weighted by molar-refractivity contribution is -0.136. The van der Waals surface area contributed by atoms with Gasteiger partial charge in [-0.1, -0.05) is 18.2 Å². The summed E-state index contributed by atoms with van der Waals surface area (Å²) in [6.45, 7) is 1.97. The molecule has 0 aliphatic heterocycles. The van der Waals surface area contributed by atoms with Crippen LogP contribution in [0.1, 0.15) is 12.5 Å². The summed E-state index contributed by atoms with van der Waals surface area (Å²) in [7, 11) is 2.99. The van der Waals surface area contributed by atoms with Gasteiger partial charge in [0.15, 0.2) is 18.1 Å². The molecule has 0 aliphatic rings. The molecule has 3 rings (SSSR count). The van der Waals surface area contributed by atoms with Crippen molar-refractivity contribution in [1.29, 1.82) is 0 Å². The van der Waals surface area contributed by atoms with Gasteiger partial charge in [0.25, 0.3) is 5.91 Å². The molecule has 0 aromatic heterocycles. The Morgan fingerprint density at radius 3 is 2.39 bits per heavy atom. The lowest BCUT2D eigenvalue weighted by Crippen LogP contribution is -2.32. The van der Waals surface area contributed by atoms with Crippen LogP contribution >= 0.6 is 0 Å². The van der Waals surface area contributed by atoms with Crippen LogP contribution in [-0.4, -0.2) is 51.4 Å². The van der Waals surface area contributed by atoms with Crippen LogP contribution in [0.4, 0.5) is 11.4 Å². The van der Waals surface area contributed by atoms with E-state index in [0.717, 1.165) is 0 Å². The first-order valence-electron chi connectivity index (χ1n) is 11.5. The number of nitrogens with zero attached hydrogens (tertiary/aromatic N) is 1. The number of carbonyl (C=O) groups is 3. The molecule has 0 atom stereocenters. The number of para-hydroxylation sites is 2. The third-order valence-electron chi connectivity index (χ3n) is 4.92. The van der Waals surface area contributed by atoms with Gasteiger partial charge in [-0.25, -0.2) is 5.43 Å². The summed E-state index contributed by atoms with van der Waals surface area (Å²) in [5, 5.41) is 9.03. The van der Waals surface area contributed by atoms with E-state index in [0.29, 0.717) is 46.5 Å². The molecule has 0 spiro atoms. The molecule has 0 fully saturated rings. The molecule has 0 aliphatic carbocycles. The Morgan fingerprint density at radius 1 is 0.816 bits per heavy atom. The van der Waals surface area contributed by atoms with Crippen molar-refractivity contribution < 1.29 is 33.3 Å². The summed E-state index contributed by atoms with van der Waals surface area (Å²) < 4.78 is 21.5. The van der Waals surface area contributed by atoms with Gasteiger partial charge in [0.1, 0.15) is 11.5 Å². The van der Waals surface area contributed by atoms with Crippen LogP contribution in [0.3, 0.4) is 0 Å². The molecule has 3 amide bonds. The van der Waals surface area contributed by atoms with Crippen LogP contribution in [-0.2, 0) is 14.4 Å². The van der Waals surface area contributed by atoms with Crippen LogP contribution in [0.25, 0.3) is 0 Å². The Hall–Kier alpha value is -5.06. The lowest BCUT2D eigenvalue weighted by Gasteiger charge is -2.12. The molecule has 0 radical (unpaired) electrons. The van der Waals surface area contributed by atoms with Crippen LogP contribution in [0, 0.1) is 0 Å². The number of methoxy groups -OCH3 is 2. The number of anilines is 2. The zero-order valence-corrected chi connectivity index (χ0v) is 21.1. The zero-order valence-electron chi connectivity index (χ0n) is 21.1. The van der Waals surface area contributed by atoms with Crippen LogP contribution in [0.2, 0.25) is 0 Å². The average Bonchev–Trinajstić information content (AvgIpc) is 2.93. The second-order valence-corrected chi connectivity index (χ2v) is 7.56. The summed E-state index contributed by atoms with van der Waals surface area (Å²) in [6, 6.07) is 18.6. The maximum atomic E-state index is 12.3. The van der Waals surface area contributed by atoms with Gasteiger partial charge >= 0.3 is 11.8 Å². The molecule has 0 saturated carbocycles. The van der Waals surface area contributed by atoms with Crippen LogP contribution in [0.15, 0.2) is 71.8 Å². The number of hydrogen-bond donors (Lipinski definition) is 3. The number of benzene rings is 3. The van der Waals surface area contributed by atoms with Gasteiger partial charge in [-0.15, -0.1) is 0 Å². The predicted octanol–water partition coefficient (Wildman–Crippen LogP) is 3.21. The van der Waals surface area contributed by atoms with E-state index in [1.807, 2.05) is 6.92 Å². The second kappa shape index (κ2) is 13.9. The Morgan fingerprint density at radius 2 is 1.63 bits per heavy atom. The maximum Gasteiger partial charge on any atom is 0.329 e. The maximum absolute atomic E-state index is 12.3. The minimum atomic E-state index is -0.957. The van der Waals surface area contributed by atoms with E-state index in [1.54, 1.807) is 73.8 Å². The molecular weight excluding hydrogens is 492 g/mol. The fourth-order valence-corrected chi connectivity index (χ4v) is 3.17. The molecule has 3 aromatic carbocycles. The standard InChI is InChI=1S/C27H28N4O7/c1-4-37-22-11-6-5-10-21(22)30-26(33)27(34)31-28-16-18-12-13-23(24(14-18)36-3)38-17-25(32)29-19-8-7-9-20(15-19)35-2/h5-16H,4,17H2,1-3H3,(H,29,32)(H,30,33)(H,31,34)/b28-16-. The highest BCUT2D eigenvalue weighted by molar-refractivity contribution is 6.39. The fraction of sp³-hybridized carbons (Fsp3) is 0.185. The molecule has 3 aromatic rings. The van der Waals surface area contributed by atoms with E-state index < -0.39 is 11.8 Å². The Balaban J connectivity index is 1.53. The molecule has 198 valence electrons. The average molecular weight is 521 g/mol. The molecule has 11 nitrogen and oxygen atoms in total. The topological polar surface area (TPSA) is 137 Å². The van der Waals surface area contributed by atoms with Crippen molar-refractivity contribution in [2.24, 2.45) is 5.10 Å². The monoisotopic (exact) mass is 520 g/mol. The number of amides is 3. The van der Waals surface area contributed by atoms with Gasteiger partial charge in [0.2, 0.25) is 0 Å². The van der Waals surface area contributed by atoms with Gasteiger partial charge in [-0.2, -0.15) is 5.10 Å². The molecule has 0 heterocycles. The van der Waals surface area contributed by atoms with Crippen LogP contribution in [0.5, 0.6) is 23.0 Å². The molecule has 0 bridgehead atoms. The van der Waals surface area contributed by atoms with Crippen molar-refractivity contribution >= 4 is 35.3 Å². The zero-order chi connectivity index (χ0) is 27.3. The third-order valence-corrected chi connectivity index (χ3v) is 4.92. The summed E-state index contributed by atoms with van der Waals surface area (Å²) in [4.78, 5) is 36.6. The fourth-order valence-electron chi connectivity index (χ4n) is 3.17. The summed E-state index contributed by atoms with van der Waals surface area (Å²) in [5.41, 5.74) is 3.67. The minimum absolute atomic E-state index is 0.251. The Kier molecular flexibility index (Phi) is 10.1. The number of ether oxygens (including phenoxy) is 4. The first kappa shape index (κ1) is 27.5. The number of rotatable bonds is 11. The first-order chi connectivity index (χ1) is 18.4. The van der Waals surface area contributed by atoms with Gasteiger partial charge in [0, 0.05) is 11.8 Å². The summed E-state index contributed by atoms with van der Waals surface area (Å²) in [5.74, 6) is -0.472. The molecule has 0 unspecified atom stereocenters. The summed E-state index contributed by atoms with van der Waals surface area (Å²) >= 11 is 0. The molecular formula is C27H28N4O7. The van der Waals surface area contributed by atoms with Crippen molar-refractivity contribution in [2.45, 2.75) is 6.92 Å². The Labute approximate surface area is 219 Å². The number of hydrazone groups is 1. The highest BCUT2D eigenvalue weighted by atomic mass is 16.5. The van der Waals surface area contributed by atoms with Crippen LogP contribution < -0.4 is 35.0 Å². The second-order valence-electron chi connectivity index (χ2n) is 7.56. The van der Waals surface area contributed by atoms with E-state index in [2.05, 4.69) is 21.2 Å². The van der Waals surface area contributed by atoms with Crippen molar-refractivity contribution in [1.82, 2.24) is 5.43 Å². The van der Waals surface area contributed by atoms with E-state index >= 15 is 0 Å². The highest BCUT2D eigenvalue weighted by Gasteiger charge is 2.15. The number of nitrogens with one attached hydrogen (secondary N) is 3. The van der Waals surface area contributed by atoms with E-state index in [1.165, 1.54) is 13.3 Å². The lowest BCUT2D eigenvalue weighted by atomic mass is 10.2. The predicted molar refractivity (Wildman–Crippen MR) is 142 cm³/mol. The number of carbonyl (C=O) groups excluding carboxylic acids is 3. The van der Waals surface area contributed by atoms with Crippen molar-refractivity contribution in [3.05, 3.63) is 72.3 Å². The van der Waals surface area contributed by atoms with Gasteiger partial charge in [-0.05, 0) is 55.0 Å². The quantitative estimate of drug-likeness (QED) is 0.201. The number of hydrogen-bond acceptors (Lipinski definition) is 8. The summed E-state index contributed by atoms with van der Waals surface area (Å²) in [6.07, 6.45) is 1.33. The molecule has 0 saturated heterocycles. The normalized spacial score (nSPS) is 10.4. The SMILES string of the molecule is CCOc1ccccc1NC(=O)C(=O)N/N=C\c1ccc(OCC(=O)Nc2cccc(OC)c2)c(OC)c1. The molecule has 38 heavy (non-hydrogen) atoms. The van der Waals surface area contributed by atoms with Crippen molar-refractivity contribution in [2.75, 3.05) is 38.1 Å². The highest BCUT2D eigenvalue weighted by Crippen LogP contribution is 2.28. The van der Waals surface area contributed by atoms with E-state index in [4.69, 9.17) is 18.9 Å². The largest absolute Gasteiger partial charge is 0.497 e. The first-order valence-corrected chi connectivity index (χ1v) is 11.5. The van der Waals surface area contributed by atoms with E-state index in [9.17, 15) is 14.4 Å². The smallest absolute Gasteiger partial charge is 0.329 e. The van der Waals surface area contributed by atoms with Gasteiger partial charge in [-0.3, -0.25) is 14.4 Å². The Bertz CT molecular complexity index is 1310. The molecule has 3 N–H and O–H groups in total. The third kappa shape index (κ3) is 7.98. The molecule has 11 heteroatoms. The van der Waals surface area contributed by atoms with Gasteiger partial charge < -0.3 is 29.6 Å².